The van der Waals surface area contributed by atoms with E-state index in [9.17, 15) is 9.18 Å². The zero-order valence-electron chi connectivity index (χ0n) is 16.3. The van der Waals surface area contributed by atoms with Crippen molar-refractivity contribution in [3.8, 4) is 5.75 Å². The van der Waals surface area contributed by atoms with Crippen molar-refractivity contribution in [2.75, 3.05) is 19.7 Å². The molecule has 1 aromatic heterocycles. The van der Waals surface area contributed by atoms with Crippen molar-refractivity contribution in [2.45, 2.75) is 46.1 Å². The van der Waals surface area contributed by atoms with Crippen molar-refractivity contribution in [1.29, 1.82) is 0 Å². The SMILES string of the molecule is Cc1cc(C)n([C@@H](C)CC(=O)N2CCC[C@H](COc3ccccc3F)C2)n1. The Labute approximate surface area is 160 Å². The summed E-state index contributed by atoms with van der Waals surface area (Å²) in [5.74, 6) is 0.302. The molecular formula is C21H28FN3O2. The molecule has 0 unspecified atom stereocenters. The van der Waals surface area contributed by atoms with Gasteiger partial charge in [0.1, 0.15) is 0 Å². The number of rotatable bonds is 6. The normalized spacial score (nSPS) is 18.4. The Kier molecular flexibility index (Phi) is 6.14. The minimum absolute atomic E-state index is 0.0289. The molecule has 5 nitrogen and oxygen atoms in total. The summed E-state index contributed by atoms with van der Waals surface area (Å²) in [5, 5.41) is 4.48. The molecule has 146 valence electrons. The predicted octanol–water partition coefficient (Wildman–Crippen LogP) is 3.91. The zero-order chi connectivity index (χ0) is 19.4. The van der Waals surface area contributed by atoms with E-state index < -0.39 is 0 Å². The Balaban J connectivity index is 1.53. The predicted molar refractivity (Wildman–Crippen MR) is 102 cm³/mol. The summed E-state index contributed by atoms with van der Waals surface area (Å²) in [7, 11) is 0. The first-order valence-electron chi connectivity index (χ1n) is 9.62. The quantitative estimate of drug-likeness (QED) is 0.771. The first-order valence-corrected chi connectivity index (χ1v) is 9.62. The lowest BCUT2D eigenvalue weighted by Gasteiger charge is -2.33. The molecule has 6 heteroatoms. The minimum Gasteiger partial charge on any atom is -0.490 e. The molecule has 0 N–H and O–H groups in total. The van der Waals surface area contributed by atoms with Crippen LogP contribution in [-0.4, -0.2) is 40.3 Å². The fourth-order valence-electron chi connectivity index (χ4n) is 3.76. The topological polar surface area (TPSA) is 47.4 Å². The molecule has 1 aromatic carbocycles. The Bertz CT molecular complexity index is 789. The molecule has 1 saturated heterocycles. The van der Waals surface area contributed by atoms with E-state index in [0.717, 1.165) is 30.8 Å². The summed E-state index contributed by atoms with van der Waals surface area (Å²) in [4.78, 5) is 14.7. The molecule has 0 saturated carbocycles. The lowest BCUT2D eigenvalue weighted by Crippen LogP contribution is -2.42. The fraction of sp³-hybridized carbons (Fsp3) is 0.524. The highest BCUT2D eigenvalue weighted by molar-refractivity contribution is 5.76. The van der Waals surface area contributed by atoms with E-state index in [2.05, 4.69) is 5.10 Å². The van der Waals surface area contributed by atoms with E-state index in [1.807, 2.05) is 36.4 Å². The van der Waals surface area contributed by atoms with Crippen LogP contribution in [0.4, 0.5) is 4.39 Å². The molecule has 1 aliphatic rings. The second-order valence-corrected chi connectivity index (χ2v) is 7.51. The molecule has 0 radical (unpaired) electrons. The number of aryl methyl sites for hydroxylation is 2. The Morgan fingerprint density at radius 2 is 2.15 bits per heavy atom. The van der Waals surface area contributed by atoms with Crippen LogP contribution < -0.4 is 4.74 Å². The Morgan fingerprint density at radius 1 is 1.37 bits per heavy atom. The van der Waals surface area contributed by atoms with Crippen LogP contribution in [0.25, 0.3) is 0 Å². The minimum atomic E-state index is -0.347. The highest BCUT2D eigenvalue weighted by Gasteiger charge is 2.26. The van der Waals surface area contributed by atoms with Crippen molar-refractivity contribution < 1.29 is 13.9 Å². The van der Waals surface area contributed by atoms with E-state index in [-0.39, 0.29) is 29.4 Å². The van der Waals surface area contributed by atoms with Crippen LogP contribution in [-0.2, 0) is 4.79 Å². The number of ether oxygens (including phenoxy) is 1. The number of piperidine rings is 1. The Hall–Kier alpha value is -2.37. The van der Waals surface area contributed by atoms with Gasteiger partial charge in [-0.05, 0) is 51.8 Å². The van der Waals surface area contributed by atoms with E-state index in [4.69, 9.17) is 4.74 Å². The van der Waals surface area contributed by atoms with E-state index in [1.165, 1.54) is 6.07 Å². The fourth-order valence-corrected chi connectivity index (χ4v) is 3.76. The molecule has 2 aromatic rings. The molecule has 0 aliphatic carbocycles. The van der Waals surface area contributed by atoms with Crippen LogP contribution in [0.15, 0.2) is 30.3 Å². The third-order valence-electron chi connectivity index (χ3n) is 5.12. The van der Waals surface area contributed by atoms with Gasteiger partial charge in [-0.1, -0.05) is 12.1 Å². The number of para-hydroxylation sites is 1. The van der Waals surface area contributed by atoms with Gasteiger partial charge in [-0.15, -0.1) is 0 Å². The monoisotopic (exact) mass is 373 g/mol. The largest absolute Gasteiger partial charge is 0.490 e. The maximum atomic E-state index is 13.7. The number of carbonyl (C=O) groups excluding carboxylic acids is 1. The molecule has 1 aliphatic heterocycles. The van der Waals surface area contributed by atoms with E-state index in [0.29, 0.717) is 19.6 Å². The van der Waals surface area contributed by atoms with Crippen LogP contribution in [0.5, 0.6) is 5.75 Å². The van der Waals surface area contributed by atoms with Gasteiger partial charge in [0.15, 0.2) is 11.6 Å². The number of benzene rings is 1. The van der Waals surface area contributed by atoms with Gasteiger partial charge in [0.25, 0.3) is 0 Å². The van der Waals surface area contributed by atoms with Gasteiger partial charge in [0.05, 0.1) is 18.3 Å². The van der Waals surface area contributed by atoms with Gasteiger partial charge >= 0.3 is 0 Å². The lowest BCUT2D eigenvalue weighted by atomic mass is 9.98. The highest BCUT2D eigenvalue weighted by Crippen LogP contribution is 2.23. The lowest BCUT2D eigenvalue weighted by molar-refractivity contribution is -0.134. The van der Waals surface area contributed by atoms with Crippen LogP contribution >= 0.6 is 0 Å². The summed E-state index contributed by atoms with van der Waals surface area (Å²) in [6.07, 6.45) is 2.37. The summed E-state index contributed by atoms with van der Waals surface area (Å²) in [6.45, 7) is 7.87. The van der Waals surface area contributed by atoms with Crippen LogP contribution in [0.2, 0.25) is 0 Å². The average Bonchev–Trinajstić information content (AvgIpc) is 2.99. The third kappa shape index (κ3) is 4.87. The van der Waals surface area contributed by atoms with Crippen molar-refractivity contribution in [1.82, 2.24) is 14.7 Å². The number of aromatic nitrogens is 2. The maximum absolute atomic E-state index is 13.7. The molecule has 2 atom stereocenters. The molecule has 3 rings (SSSR count). The van der Waals surface area contributed by atoms with Gasteiger partial charge in [0.2, 0.25) is 5.91 Å². The number of carbonyl (C=O) groups is 1. The molecular weight excluding hydrogens is 345 g/mol. The van der Waals surface area contributed by atoms with Gasteiger partial charge in [-0.2, -0.15) is 5.10 Å². The molecule has 0 bridgehead atoms. The number of nitrogens with zero attached hydrogens (tertiary/aromatic N) is 3. The number of amides is 1. The number of halogens is 1. The van der Waals surface area contributed by atoms with Gasteiger partial charge in [-0.3, -0.25) is 9.48 Å². The van der Waals surface area contributed by atoms with E-state index >= 15 is 0 Å². The Morgan fingerprint density at radius 3 is 2.85 bits per heavy atom. The molecule has 0 spiro atoms. The third-order valence-corrected chi connectivity index (χ3v) is 5.12. The van der Waals surface area contributed by atoms with Crippen molar-refractivity contribution in [3.63, 3.8) is 0 Å². The van der Waals surface area contributed by atoms with Crippen molar-refractivity contribution >= 4 is 5.91 Å². The summed E-state index contributed by atoms with van der Waals surface area (Å²) in [5.41, 5.74) is 2.04. The van der Waals surface area contributed by atoms with Gasteiger partial charge in [-0.25, -0.2) is 4.39 Å². The number of hydrogen-bond donors (Lipinski definition) is 0. The van der Waals surface area contributed by atoms with Crippen molar-refractivity contribution in [3.05, 3.63) is 47.5 Å². The summed E-state index contributed by atoms with van der Waals surface area (Å²) >= 11 is 0. The first kappa shape index (κ1) is 19.4. The number of hydrogen-bond acceptors (Lipinski definition) is 3. The first-order chi connectivity index (χ1) is 12.9. The summed E-state index contributed by atoms with van der Waals surface area (Å²) in [6, 6.07) is 8.49. The standard InChI is InChI=1S/C21H28FN3O2/c1-15-11-16(2)25(23-15)17(3)12-21(26)24-10-6-7-18(13-24)14-27-20-9-5-4-8-19(20)22/h4-5,8-9,11,17-18H,6-7,10,12-14H2,1-3H3/t17-,18-/m0/s1. The molecule has 2 heterocycles. The molecule has 1 fully saturated rings. The van der Waals surface area contributed by atoms with Crippen molar-refractivity contribution in [2.24, 2.45) is 5.92 Å². The van der Waals surface area contributed by atoms with Crippen LogP contribution in [0.1, 0.15) is 43.6 Å². The molecule has 1 amide bonds. The average molecular weight is 373 g/mol. The van der Waals surface area contributed by atoms with Crippen LogP contribution in [0.3, 0.4) is 0 Å². The second kappa shape index (κ2) is 8.55. The molecule has 27 heavy (non-hydrogen) atoms. The van der Waals surface area contributed by atoms with Crippen LogP contribution in [0, 0.1) is 25.6 Å². The zero-order valence-corrected chi connectivity index (χ0v) is 16.3. The van der Waals surface area contributed by atoms with Gasteiger partial charge < -0.3 is 9.64 Å². The second-order valence-electron chi connectivity index (χ2n) is 7.51. The van der Waals surface area contributed by atoms with Gasteiger partial charge in [0, 0.05) is 31.1 Å². The highest BCUT2D eigenvalue weighted by atomic mass is 19.1. The smallest absolute Gasteiger partial charge is 0.224 e. The summed E-state index contributed by atoms with van der Waals surface area (Å²) < 4.78 is 21.3. The maximum Gasteiger partial charge on any atom is 0.224 e. The number of likely N-dealkylation sites (tertiary alicyclic amines) is 1. The van der Waals surface area contributed by atoms with E-state index in [1.54, 1.807) is 18.2 Å².